The fourth-order valence-corrected chi connectivity index (χ4v) is 9.07. The van der Waals surface area contributed by atoms with Gasteiger partial charge in [0.15, 0.2) is 5.82 Å². The van der Waals surface area contributed by atoms with E-state index in [-0.39, 0.29) is 0 Å². The van der Waals surface area contributed by atoms with Crippen molar-refractivity contribution < 1.29 is 0 Å². The normalized spacial score (nSPS) is 11.5. The number of rotatable bonds is 7. The first kappa shape index (κ1) is 35.5. The van der Waals surface area contributed by atoms with Crippen molar-refractivity contribution in [2.75, 3.05) is 0 Å². The first-order chi connectivity index (χ1) is 30.7. The summed E-state index contributed by atoms with van der Waals surface area (Å²) in [4.78, 5) is 10.6. The zero-order chi connectivity index (χ0) is 41.0. The van der Waals surface area contributed by atoms with Crippen molar-refractivity contribution in [2.24, 2.45) is 0 Å². The van der Waals surface area contributed by atoms with Crippen molar-refractivity contribution in [3.63, 3.8) is 0 Å². The lowest BCUT2D eigenvalue weighted by Crippen LogP contribution is -1.98. The van der Waals surface area contributed by atoms with Crippen LogP contribution in [-0.2, 0) is 0 Å². The van der Waals surface area contributed by atoms with Crippen LogP contribution in [0.15, 0.2) is 224 Å². The lowest BCUT2D eigenvalue weighted by atomic mass is 9.96. The largest absolute Gasteiger partial charge is 0.309 e. The predicted molar refractivity (Wildman–Crippen MR) is 255 cm³/mol. The molecule has 290 valence electrons. The molecule has 0 amide bonds. The molecule has 0 aliphatic rings. The number of para-hydroxylation sites is 2. The molecule has 0 bridgehead atoms. The Kier molecular flexibility index (Phi) is 8.42. The Labute approximate surface area is 358 Å². The van der Waals surface area contributed by atoms with Gasteiger partial charge in [0.1, 0.15) is 5.69 Å². The standard InChI is InChI=1S/C57H37N5/c1-4-18-38(19-5-1)49-37-50(42-25-17-28-45(35-42)61-51-32-14-12-30-47(51)48-31-13-15-33-52(48)61)59-57(58-49)44-27-16-26-43(34-44)55-54(40-22-8-3-9-23-40)56-46-29-11-10-24-41(46)36-53(62(56)60-55)39-20-6-2-7-21-39/h1-37H. The van der Waals surface area contributed by atoms with Crippen molar-refractivity contribution >= 4 is 38.1 Å². The van der Waals surface area contributed by atoms with Crippen LogP contribution < -0.4 is 0 Å². The number of nitrogens with zero attached hydrogens (tertiary/aromatic N) is 5. The lowest BCUT2D eigenvalue weighted by molar-refractivity contribution is 0.979. The molecule has 0 fully saturated rings. The van der Waals surface area contributed by atoms with Crippen LogP contribution in [0.2, 0.25) is 0 Å². The molecule has 12 aromatic rings. The van der Waals surface area contributed by atoms with E-state index in [1.165, 1.54) is 21.8 Å². The minimum absolute atomic E-state index is 0.644. The molecule has 0 spiro atoms. The molecular weight excluding hydrogens is 755 g/mol. The summed E-state index contributed by atoms with van der Waals surface area (Å²) in [7, 11) is 0. The fourth-order valence-electron chi connectivity index (χ4n) is 9.07. The highest BCUT2D eigenvalue weighted by Gasteiger charge is 2.22. The Hall–Kier alpha value is -8.41. The molecule has 62 heavy (non-hydrogen) atoms. The molecule has 5 nitrogen and oxygen atoms in total. The summed E-state index contributed by atoms with van der Waals surface area (Å²) in [5, 5.41) is 10.3. The van der Waals surface area contributed by atoms with Gasteiger partial charge in [0, 0.05) is 55.2 Å². The van der Waals surface area contributed by atoms with E-state index in [0.29, 0.717) is 5.82 Å². The van der Waals surface area contributed by atoms with Gasteiger partial charge in [-0.1, -0.05) is 182 Å². The van der Waals surface area contributed by atoms with Gasteiger partial charge < -0.3 is 4.57 Å². The van der Waals surface area contributed by atoms with E-state index in [1.807, 2.05) is 6.07 Å². The average Bonchev–Trinajstić information content (AvgIpc) is 3.92. The Morgan fingerprint density at radius 3 is 1.60 bits per heavy atom. The molecule has 8 aromatic carbocycles. The molecule has 0 unspecified atom stereocenters. The Balaban J connectivity index is 1.05. The molecule has 0 saturated carbocycles. The zero-order valence-corrected chi connectivity index (χ0v) is 33.6. The van der Waals surface area contributed by atoms with Gasteiger partial charge in [-0.15, -0.1) is 0 Å². The van der Waals surface area contributed by atoms with Crippen LogP contribution in [0.1, 0.15) is 0 Å². The van der Waals surface area contributed by atoms with Crippen LogP contribution in [0.5, 0.6) is 0 Å². The molecule has 4 heterocycles. The van der Waals surface area contributed by atoms with Crippen molar-refractivity contribution in [1.82, 2.24) is 24.1 Å². The number of benzene rings is 8. The van der Waals surface area contributed by atoms with E-state index in [1.54, 1.807) is 0 Å². The van der Waals surface area contributed by atoms with E-state index in [0.717, 1.165) is 83.7 Å². The molecule has 0 N–H and O–H groups in total. The second kappa shape index (κ2) is 14.7. The van der Waals surface area contributed by atoms with E-state index >= 15 is 0 Å². The van der Waals surface area contributed by atoms with E-state index < -0.39 is 0 Å². The maximum absolute atomic E-state index is 5.50. The number of aromatic nitrogens is 5. The van der Waals surface area contributed by atoms with Gasteiger partial charge >= 0.3 is 0 Å². The van der Waals surface area contributed by atoms with Crippen LogP contribution in [-0.4, -0.2) is 24.1 Å². The summed E-state index contributed by atoms with van der Waals surface area (Å²) >= 11 is 0. The van der Waals surface area contributed by atoms with Gasteiger partial charge in [-0.25, -0.2) is 14.5 Å². The van der Waals surface area contributed by atoms with Crippen molar-refractivity contribution in [2.45, 2.75) is 0 Å². The number of hydrogen-bond donors (Lipinski definition) is 0. The van der Waals surface area contributed by atoms with Crippen molar-refractivity contribution in [3.05, 3.63) is 224 Å². The highest BCUT2D eigenvalue weighted by Crippen LogP contribution is 2.42. The summed E-state index contributed by atoms with van der Waals surface area (Å²) in [5.41, 5.74) is 15.3. The van der Waals surface area contributed by atoms with Gasteiger partial charge in [0.25, 0.3) is 0 Å². The Bertz CT molecular complexity index is 3570. The van der Waals surface area contributed by atoms with Gasteiger partial charge in [-0.05, 0) is 53.4 Å². The predicted octanol–water partition coefficient (Wildman–Crippen LogP) is 14.4. The van der Waals surface area contributed by atoms with Crippen LogP contribution in [0.25, 0.3) is 111 Å². The van der Waals surface area contributed by atoms with Gasteiger partial charge in [-0.2, -0.15) is 5.10 Å². The summed E-state index contributed by atoms with van der Waals surface area (Å²) in [6.45, 7) is 0. The number of hydrogen-bond acceptors (Lipinski definition) is 3. The first-order valence-electron chi connectivity index (χ1n) is 20.9. The van der Waals surface area contributed by atoms with Crippen molar-refractivity contribution in [3.8, 4) is 73.2 Å². The lowest BCUT2D eigenvalue weighted by Gasteiger charge is -2.13. The highest BCUT2D eigenvalue weighted by atomic mass is 15.2. The van der Waals surface area contributed by atoms with E-state index in [9.17, 15) is 0 Å². The molecule has 0 aliphatic heterocycles. The summed E-state index contributed by atoms with van der Waals surface area (Å²) in [5.74, 6) is 0.644. The summed E-state index contributed by atoms with van der Waals surface area (Å²) in [6.07, 6.45) is 0. The zero-order valence-electron chi connectivity index (χ0n) is 33.6. The minimum Gasteiger partial charge on any atom is -0.309 e. The average molecular weight is 792 g/mol. The first-order valence-corrected chi connectivity index (χ1v) is 20.9. The molecule has 0 saturated heterocycles. The third-order valence-electron chi connectivity index (χ3n) is 11.9. The SMILES string of the molecule is c1ccc(-c2cc(-c3cccc(-n4c5ccccc5c5ccccc54)c3)nc(-c3cccc(-c4nn5c(-c6ccccc6)cc6ccccc6c5c4-c4ccccc4)c3)n2)cc1. The molecule has 5 heteroatoms. The minimum atomic E-state index is 0.644. The topological polar surface area (TPSA) is 48.0 Å². The van der Waals surface area contributed by atoms with Crippen LogP contribution in [0.4, 0.5) is 0 Å². The summed E-state index contributed by atoms with van der Waals surface area (Å²) < 4.78 is 4.49. The van der Waals surface area contributed by atoms with Gasteiger partial charge in [0.05, 0.1) is 33.6 Å². The molecular formula is C57H37N5. The molecule has 12 rings (SSSR count). The molecule has 0 atom stereocenters. The van der Waals surface area contributed by atoms with Crippen LogP contribution >= 0.6 is 0 Å². The molecule has 0 aliphatic carbocycles. The van der Waals surface area contributed by atoms with Gasteiger partial charge in [0.2, 0.25) is 0 Å². The van der Waals surface area contributed by atoms with Crippen LogP contribution in [0.3, 0.4) is 0 Å². The second-order valence-electron chi connectivity index (χ2n) is 15.7. The van der Waals surface area contributed by atoms with E-state index in [2.05, 4.69) is 227 Å². The maximum Gasteiger partial charge on any atom is 0.160 e. The number of pyridine rings is 1. The Morgan fingerprint density at radius 1 is 0.355 bits per heavy atom. The quantitative estimate of drug-likeness (QED) is 0.162. The van der Waals surface area contributed by atoms with E-state index in [4.69, 9.17) is 15.1 Å². The molecule has 0 radical (unpaired) electrons. The second-order valence-corrected chi connectivity index (χ2v) is 15.7. The Morgan fingerprint density at radius 2 is 0.887 bits per heavy atom. The fraction of sp³-hybridized carbons (Fsp3) is 0. The smallest absolute Gasteiger partial charge is 0.160 e. The van der Waals surface area contributed by atoms with Gasteiger partial charge in [-0.3, -0.25) is 0 Å². The van der Waals surface area contributed by atoms with Crippen LogP contribution in [0, 0.1) is 0 Å². The summed E-state index contributed by atoms with van der Waals surface area (Å²) in [6, 6.07) is 79.0. The maximum atomic E-state index is 5.50. The monoisotopic (exact) mass is 791 g/mol. The highest BCUT2D eigenvalue weighted by molar-refractivity contribution is 6.10. The van der Waals surface area contributed by atoms with Crippen molar-refractivity contribution in [1.29, 1.82) is 0 Å². The number of fused-ring (bicyclic) bond motifs is 6. The molecule has 4 aromatic heterocycles. The third-order valence-corrected chi connectivity index (χ3v) is 11.9. The third kappa shape index (κ3) is 5.98.